The average molecular weight is 203 g/mol. The Morgan fingerprint density at radius 1 is 1.53 bits per heavy atom. The van der Waals surface area contributed by atoms with E-state index in [-0.39, 0.29) is 12.1 Å². The topological polar surface area (TPSA) is 53.5 Å². The third-order valence-corrected chi connectivity index (χ3v) is 2.22. The fourth-order valence-corrected chi connectivity index (χ4v) is 1.60. The summed E-state index contributed by atoms with van der Waals surface area (Å²) >= 11 is 0. The molecule has 1 heterocycles. The van der Waals surface area contributed by atoms with Gasteiger partial charge in [-0.05, 0) is 6.07 Å². The van der Waals surface area contributed by atoms with Gasteiger partial charge in [0.1, 0.15) is 6.17 Å². The molecule has 0 aromatic heterocycles. The molecule has 1 amide bonds. The number of amides is 1. The number of carbonyl (C=O) groups excluding carboxylic acids is 1. The van der Waals surface area contributed by atoms with Gasteiger partial charge in [-0.25, -0.2) is 0 Å². The van der Waals surface area contributed by atoms with Gasteiger partial charge in [0.05, 0.1) is 0 Å². The number of carbonyl (C=O) groups is 1. The van der Waals surface area contributed by atoms with E-state index in [4.69, 9.17) is 0 Å². The molecule has 0 bridgehead atoms. The van der Waals surface area contributed by atoms with Crippen molar-refractivity contribution in [3.05, 3.63) is 29.8 Å². The largest absolute Gasteiger partial charge is 0.326 e. The lowest BCUT2D eigenvalue weighted by atomic mass is 10.1. The van der Waals surface area contributed by atoms with Crippen LogP contribution in [0, 0.1) is 0 Å². The zero-order valence-electron chi connectivity index (χ0n) is 8.53. The Hall–Kier alpha value is -1.68. The highest BCUT2D eigenvalue weighted by Crippen LogP contribution is 2.24. The maximum absolute atomic E-state index is 11.0. The lowest BCUT2D eigenvalue weighted by Gasteiger charge is -2.13. The molecule has 0 saturated heterocycles. The van der Waals surface area contributed by atoms with E-state index in [1.54, 1.807) is 0 Å². The van der Waals surface area contributed by atoms with Gasteiger partial charge >= 0.3 is 0 Å². The summed E-state index contributed by atoms with van der Waals surface area (Å²) in [5.41, 5.74) is 1.82. The van der Waals surface area contributed by atoms with Crippen molar-refractivity contribution in [3.63, 3.8) is 0 Å². The van der Waals surface area contributed by atoms with Gasteiger partial charge in [-0.1, -0.05) is 18.2 Å². The van der Waals surface area contributed by atoms with Gasteiger partial charge in [0, 0.05) is 30.9 Å². The summed E-state index contributed by atoms with van der Waals surface area (Å²) in [6, 6.07) is 7.68. The molecule has 4 nitrogen and oxygen atoms in total. The Kier molecular flexibility index (Phi) is 2.78. The predicted molar refractivity (Wildman–Crippen MR) is 60.0 cm³/mol. The van der Waals surface area contributed by atoms with Gasteiger partial charge in [0.15, 0.2) is 0 Å². The normalized spacial score (nSPS) is 19.1. The zero-order chi connectivity index (χ0) is 10.7. The van der Waals surface area contributed by atoms with E-state index >= 15 is 0 Å². The van der Waals surface area contributed by atoms with E-state index < -0.39 is 0 Å². The first kappa shape index (κ1) is 9.86. The van der Waals surface area contributed by atoms with Crippen molar-refractivity contribution in [1.82, 2.24) is 5.32 Å². The summed E-state index contributed by atoms with van der Waals surface area (Å²) < 4.78 is 0. The minimum Gasteiger partial charge on any atom is -0.326 e. The molecule has 0 saturated carbocycles. The number of nitrogens with one attached hydrogen (secondary N) is 2. The van der Waals surface area contributed by atoms with Crippen LogP contribution in [0.3, 0.4) is 0 Å². The highest BCUT2D eigenvalue weighted by Gasteiger charge is 2.15. The lowest BCUT2D eigenvalue weighted by molar-refractivity contribution is -0.114. The molecule has 1 aromatic carbocycles. The van der Waals surface area contributed by atoms with Crippen molar-refractivity contribution in [3.8, 4) is 0 Å². The number of aliphatic imine (C=N–C) groups is 1. The minimum absolute atomic E-state index is 0.0342. The Morgan fingerprint density at radius 3 is 3.00 bits per heavy atom. The molecule has 1 aliphatic rings. The summed E-state index contributed by atoms with van der Waals surface area (Å²) in [6.45, 7) is 2.28. The van der Waals surface area contributed by atoms with Crippen molar-refractivity contribution in [2.45, 2.75) is 13.1 Å². The minimum atomic E-state index is -0.0653. The molecule has 2 rings (SSSR count). The fourth-order valence-electron chi connectivity index (χ4n) is 1.60. The molecule has 15 heavy (non-hydrogen) atoms. The van der Waals surface area contributed by atoms with Crippen LogP contribution in [0.25, 0.3) is 0 Å². The second-order valence-corrected chi connectivity index (χ2v) is 3.41. The van der Waals surface area contributed by atoms with Crippen LogP contribution in [-0.2, 0) is 4.79 Å². The maximum Gasteiger partial charge on any atom is 0.221 e. The highest BCUT2D eigenvalue weighted by atomic mass is 16.1. The SMILES string of the molecule is CC(=O)Nc1ccccc1C1N=CCN1. The summed E-state index contributed by atoms with van der Waals surface area (Å²) in [7, 11) is 0. The van der Waals surface area contributed by atoms with Crippen molar-refractivity contribution in [2.24, 2.45) is 4.99 Å². The third-order valence-electron chi connectivity index (χ3n) is 2.22. The molecule has 1 aromatic rings. The van der Waals surface area contributed by atoms with Gasteiger partial charge in [0.25, 0.3) is 0 Å². The molecule has 1 unspecified atom stereocenters. The smallest absolute Gasteiger partial charge is 0.221 e. The van der Waals surface area contributed by atoms with Crippen LogP contribution in [0.2, 0.25) is 0 Å². The van der Waals surface area contributed by atoms with Gasteiger partial charge in [-0.15, -0.1) is 0 Å². The molecule has 2 N–H and O–H groups in total. The van der Waals surface area contributed by atoms with Gasteiger partial charge in [0.2, 0.25) is 5.91 Å². The molecule has 0 radical (unpaired) electrons. The number of rotatable bonds is 2. The first-order valence-corrected chi connectivity index (χ1v) is 4.89. The summed E-state index contributed by atoms with van der Waals surface area (Å²) in [5.74, 6) is -0.0653. The first-order valence-electron chi connectivity index (χ1n) is 4.89. The molecule has 1 atom stereocenters. The van der Waals surface area contributed by atoms with Crippen LogP contribution in [-0.4, -0.2) is 18.7 Å². The summed E-state index contributed by atoms with van der Waals surface area (Å²) in [4.78, 5) is 15.3. The molecule has 1 aliphatic heterocycles. The highest BCUT2D eigenvalue weighted by molar-refractivity contribution is 5.89. The molecular weight excluding hydrogens is 190 g/mol. The Balaban J connectivity index is 2.28. The standard InChI is InChI=1S/C11H13N3O/c1-8(15)14-10-5-3-2-4-9(10)11-12-6-7-13-11/h2-6,11,13H,7H2,1H3,(H,14,15). The second kappa shape index (κ2) is 4.23. The van der Waals surface area contributed by atoms with E-state index in [9.17, 15) is 4.79 Å². The van der Waals surface area contributed by atoms with Crippen LogP contribution in [0.1, 0.15) is 18.7 Å². The third kappa shape index (κ3) is 2.22. The van der Waals surface area contributed by atoms with Gasteiger partial charge in [-0.3, -0.25) is 15.1 Å². The van der Waals surface area contributed by atoms with E-state index in [0.29, 0.717) is 0 Å². The molecule has 0 aliphatic carbocycles. The molecule has 78 valence electrons. The monoisotopic (exact) mass is 203 g/mol. The molecule has 4 heteroatoms. The van der Waals surface area contributed by atoms with E-state index in [0.717, 1.165) is 17.8 Å². The Bertz CT molecular complexity index is 401. The van der Waals surface area contributed by atoms with Crippen LogP contribution >= 0.6 is 0 Å². The molecule has 0 spiro atoms. The summed E-state index contributed by atoms with van der Waals surface area (Å²) in [5, 5.41) is 6.01. The van der Waals surface area contributed by atoms with Crippen molar-refractivity contribution >= 4 is 17.8 Å². The number of anilines is 1. The zero-order valence-corrected chi connectivity index (χ0v) is 8.53. The van der Waals surface area contributed by atoms with Crippen LogP contribution in [0.4, 0.5) is 5.69 Å². The number of hydrogen-bond acceptors (Lipinski definition) is 3. The molecule has 0 fully saturated rings. The number of para-hydroxylation sites is 1. The van der Waals surface area contributed by atoms with Crippen molar-refractivity contribution in [2.75, 3.05) is 11.9 Å². The van der Waals surface area contributed by atoms with E-state index in [2.05, 4.69) is 15.6 Å². The van der Waals surface area contributed by atoms with Crippen molar-refractivity contribution < 1.29 is 4.79 Å². The lowest BCUT2D eigenvalue weighted by Crippen LogP contribution is -2.17. The van der Waals surface area contributed by atoms with E-state index in [1.807, 2.05) is 30.5 Å². The second-order valence-electron chi connectivity index (χ2n) is 3.41. The maximum atomic E-state index is 11.0. The van der Waals surface area contributed by atoms with Gasteiger partial charge < -0.3 is 5.32 Å². The van der Waals surface area contributed by atoms with E-state index in [1.165, 1.54) is 6.92 Å². The average Bonchev–Trinajstić information content (AvgIpc) is 2.70. The van der Waals surface area contributed by atoms with Crippen LogP contribution in [0.5, 0.6) is 0 Å². The number of benzene rings is 1. The number of nitrogens with zero attached hydrogens (tertiary/aromatic N) is 1. The Morgan fingerprint density at radius 2 is 2.33 bits per heavy atom. The van der Waals surface area contributed by atoms with Crippen molar-refractivity contribution in [1.29, 1.82) is 0 Å². The van der Waals surface area contributed by atoms with Gasteiger partial charge in [-0.2, -0.15) is 0 Å². The fraction of sp³-hybridized carbons (Fsp3) is 0.273. The quantitative estimate of drug-likeness (QED) is 0.761. The van der Waals surface area contributed by atoms with Crippen LogP contribution in [0.15, 0.2) is 29.3 Å². The molecular formula is C11H13N3O. The predicted octanol–water partition coefficient (Wildman–Crippen LogP) is 1.32. The van der Waals surface area contributed by atoms with Crippen LogP contribution < -0.4 is 10.6 Å². The Labute approximate surface area is 88.4 Å². The summed E-state index contributed by atoms with van der Waals surface area (Å²) in [6.07, 6.45) is 1.81. The first-order chi connectivity index (χ1) is 7.27. The number of hydrogen-bond donors (Lipinski definition) is 2.